The highest BCUT2D eigenvalue weighted by Gasteiger charge is 2.12. The highest BCUT2D eigenvalue weighted by molar-refractivity contribution is 6.14. The van der Waals surface area contributed by atoms with Crippen LogP contribution in [-0.4, -0.2) is 5.78 Å². The van der Waals surface area contributed by atoms with Gasteiger partial charge in [-0.15, -0.1) is 0 Å². The maximum atomic E-state index is 11.1. The monoisotopic (exact) mass is 145 g/mol. The lowest BCUT2D eigenvalue weighted by Gasteiger charge is -1.97. The second kappa shape index (κ2) is 1.95. The Labute approximate surface area is 64.3 Å². The normalized spacial score (nSPS) is 13.6. The average Bonchev–Trinajstić information content (AvgIpc) is 2.33. The number of hydrogen-bond acceptors (Lipinski definition) is 2. The van der Waals surface area contributed by atoms with Crippen molar-refractivity contribution in [2.75, 3.05) is 5.73 Å². The van der Waals surface area contributed by atoms with Crippen LogP contribution in [0, 0.1) is 0 Å². The highest BCUT2D eigenvalue weighted by Crippen LogP contribution is 2.21. The summed E-state index contributed by atoms with van der Waals surface area (Å²) < 4.78 is 0. The summed E-state index contributed by atoms with van der Waals surface area (Å²) in [6.07, 6.45) is 3.36. The van der Waals surface area contributed by atoms with Crippen molar-refractivity contribution in [3.8, 4) is 0 Å². The Kier molecular flexibility index (Phi) is 1.09. The summed E-state index contributed by atoms with van der Waals surface area (Å²) in [7, 11) is 0. The van der Waals surface area contributed by atoms with E-state index >= 15 is 0 Å². The Balaban J connectivity index is 2.67. The number of carbonyl (C=O) groups is 1. The standard InChI is InChI=1S/C9H7NO/c10-7-3-1-6-2-4-9(11)8(6)5-7/h1-5H,10H2. The van der Waals surface area contributed by atoms with E-state index in [9.17, 15) is 4.79 Å². The van der Waals surface area contributed by atoms with E-state index in [2.05, 4.69) is 0 Å². The zero-order valence-electron chi connectivity index (χ0n) is 5.87. The number of nitrogen functional groups attached to an aromatic ring is 1. The summed E-state index contributed by atoms with van der Waals surface area (Å²) in [5.74, 6) is 0.0484. The Hall–Kier alpha value is -1.57. The number of rotatable bonds is 0. The molecule has 1 aromatic rings. The molecule has 0 unspecified atom stereocenters. The summed E-state index contributed by atoms with van der Waals surface area (Å²) in [5.41, 5.74) is 7.83. The number of hydrogen-bond donors (Lipinski definition) is 1. The van der Waals surface area contributed by atoms with Crippen LogP contribution in [0.3, 0.4) is 0 Å². The van der Waals surface area contributed by atoms with Crippen molar-refractivity contribution in [3.63, 3.8) is 0 Å². The van der Waals surface area contributed by atoms with Gasteiger partial charge in [0.05, 0.1) is 0 Å². The molecule has 1 aliphatic rings. The molecule has 0 spiro atoms. The van der Waals surface area contributed by atoms with Crippen LogP contribution >= 0.6 is 0 Å². The van der Waals surface area contributed by atoms with Crippen LogP contribution in [-0.2, 0) is 0 Å². The molecule has 2 heteroatoms. The first-order chi connectivity index (χ1) is 5.27. The topological polar surface area (TPSA) is 43.1 Å². The van der Waals surface area contributed by atoms with E-state index in [1.165, 1.54) is 0 Å². The SMILES string of the molecule is Nc1ccc2c(c1)C(=O)C=C2. The minimum atomic E-state index is 0.0484. The van der Waals surface area contributed by atoms with Crippen LogP contribution in [0.25, 0.3) is 6.08 Å². The summed E-state index contributed by atoms with van der Waals surface area (Å²) in [6.45, 7) is 0. The predicted molar refractivity (Wildman–Crippen MR) is 44.2 cm³/mol. The highest BCUT2D eigenvalue weighted by atomic mass is 16.1. The van der Waals surface area contributed by atoms with Gasteiger partial charge in [0.2, 0.25) is 0 Å². The molecule has 0 fully saturated rings. The van der Waals surface area contributed by atoms with Crippen LogP contribution in [0.5, 0.6) is 0 Å². The summed E-state index contributed by atoms with van der Waals surface area (Å²) in [6, 6.07) is 5.35. The van der Waals surface area contributed by atoms with Crippen molar-refractivity contribution in [1.82, 2.24) is 0 Å². The van der Waals surface area contributed by atoms with Gasteiger partial charge in [-0.25, -0.2) is 0 Å². The van der Waals surface area contributed by atoms with Gasteiger partial charge in [-0.05, 0) is 23.8 Å². The van der Waals surface area contributed by atoms with E-state index in [1.807, 2.05) is 6.07 Å². The Morgan fingerprint density at radius 3 is 2.82 bits per heavy atom. The predicted octanol–water partition coefficient (Wildman–Crippen LogP) is 1.48. The van der Waals surface area contributed by atoms with Gasteiger partial charge in [-0.2, -0.15) is 0 Å². The number of nitrogens with two attached hydrogens (primary N) is 1. The number of anilines is 1. The van der Waals surface area contributed by atoms with Crippen LogP contribution in [0.4, 0.5) is 5.69 Å². The van der Waals surface area contributed by atoms with Gasteiger partial charge in [-0.3, -0.25) is 4.79 Å². The molecule has 0 atom stereocenters. The van der Waals surface area contributed by atoms with Gasteiger partial charge < -0.3 is 5.73 Å². The van der Waals surface area contributed by atoms with E-state index in [0.29, 0.717) is 11.3 Å². The fourth-order valence-electron chi connectivity index (χ4n) is 1.19. The average molecular weight is 145 g/mol. The molecule has 1 aromatic carbocycles. The molecule has 0 heterocycles. The fraction of sp³-hybridized carbons (Fsp3) is 0. The molecule has 0 saturated heterocycles. The number of allylic oxidation sites excluding steroid dienone is 1. The van der Waals surface area contributed by atoms with Gasteiger partial charge in [0.15, 0.2) is 5.78 Å². The smallest absolute Gasteiger partial charge is 0.186 e. The molecular weight excluding hydrogens is 138 g/mol. The molecule has 2 rings (SSSR count). The molecule has 1 aliphatic carbocycles. The third-order valence-electron chi connectivity index (χ3n) is 1.76. The van der Waals surface area contributed by atoms with Crippen LogP contribution in [0.2, 0.25) is 0 Å². The van der Waals surface area contributed by atoms with E-state index < -0.39 is 0 Å². The van der Waals surface area contributed by atoms with Gasteiger partial charge in [0, 0.05) is 11.3 Å². The molecule has 0 amide bonds. The molecule has 0 aromatic heterocycles. The van der Waals surface area contributed by atoms with E-state index in [0.717, 1.165) is 5.56 Å². The molecule has 2 nitrogen and oxygen atoms in total. The fourth-order valence-corrected chi connectivity index (χ4v) is 1.19. The van der Waals surface area contributed by atoms with E-state index in [1.54, 1.807) is 24.3 Å². The Bertz CT molecular complexity index is 353. The molecule has 0 saturated carbocycles. The van der Waals surface area contributed by atoms with Crippen molar-refractivity contribution < 1.29 is 4.79 Å². The minimum absolute atomic E-state index is 0.0484. The quantitative estimate of drug-likeness (QED) is 0.562. The van der Waals surface area contributed by atoms with Crippen LogP contribution in [0.15, 0.2) is 24.3 Å². The lowest BCUT2D eigenvalue weighted by molar-refractivity contribution is 0.105. The number of ketones is 1. The third kappa shape index (κ3) is 0.835. The maximum Gasteiger partial charge on any atom is 0.186 e. The lowest BCUT2D eigenvalue weighted by atomic mass is 10.1. The number of carbonyl (C=O) groups excluding carboxylic acids is 1. The minimum Gasteiger partial charge on any atom is -0.399 e. The zero-order chi connectivity index (χ0) is 7.84. The van der Waals surface area contributed by atoms with Crippen molar-refractivity contribution in [2.45, 2.75) is 0 Å². The second-order valence-corrected chi connectivity index (χ2v) is 2.54. The van der Waals surface area contributed by atoms with Crippen molar-refractivity contribution in [1.29, 1.82) is 0 Å². The Morgan fingerprint density at radius 1 is 1.18 bits per heavy atom. The van der Waals surface area contributed by atoms with Crippen LogP contribution < -0.4 is 5.73 Å². The second-order valence-electron chi connectivity index (χ2n) is 2.54. The first-order valence-electron chi connectivity index (χ1n) is 3.39. The largest absolute Gasteiger partial charge is 0.399 e. The molecule has 0 radical (unpaired) electrons. The van der Waals surface area contributed by atoms with Gasteiger partial charge >= 0.3 is 0 Å². The van der Waals surface area contributed by atoms with E-state index in [4.69, 9.17) is 5.73 Å². The molecule has 0 bridgehead atoms. The summed E-state index contributed by atoms with van der Waals surface area (Å²) in [4.78, 5) is 11.1. The zero-order valence-corrected chi connectivity index (χ0v) is 5.87. The van der Waals surface area contributed by atoms with E-state index in [-0.39, 0.29) is 5.78 Å². The summed E-state index contributed by atoms with van der Waals surface area (Å²) >= 11 is 0. The van der Waals surface area contributed by atoms with Crippen molar-refractivity contribution in [3.05, 3.63) is 35.4 Å². The number of fused-ring (bicyclic) bond motifs is 1. The maximum absolute atomic E-state index is 11.1. The first-order valence-corrected chi connectivity index (χ1v) is 3.39. The molecular formula is C9H7NO. The first kappa shape index (κ1) is 6.16. The van der Waals surface area contributed by atoms with Crippen molar-refractivity contribution in [2.24, 2.45) is 0 Å². The third-order valence-corrected chi connectivity index (χ3v) is 1.76. The molecule has 54 valence electrons. The summed E-state index contributed by atoms with van der Waals surface area (Å²) in [5, 5.41) is 0. The Morgan fingerprint density at radius 2 is 2.00 bits per heavy atom. The molecule has 0 aliphatic heterocycles. The molecule has 11 heavy (non-hydrogen) atoms. The van der Waals surface area contributed by atoms with Crippen LogP contribution in [0.1, 0.15) is 15.9 Å². The van der Waals surface area contributed by atoms with Gasteiger partial charge in [0.25, 0.3) is 0 Å². The molecule has 2 N–H and O–H groups in total. The van der Waals surface area contributed by atoms with Gasteiger partial charge in [0.1, 0.15) is 0 Å². The lowest BCUT2D eigenvalue weighted by Crippen LogP contribution is -1.93. The van der Waals surface area contributed by atoms with Crippen molar-refractivity contribution >= 4 is 17.5 Å². The van der Waals surface area contributed by atoms with Gasteiger partial charge in [-0.1, -0.05) is 12.1 Å². The number of benzene rings is 1.